The highest BCUT2D eigenvalue weighted by molar-refractivity contribution is 5.32. The van der Waals surface area contributed by atoms with Crippen LogP contribution in [0.4, 0.5) is 0 Å². The van der Waals surface area contributed by atoms with Crippen LogP contribution in [0.5, 0.6) is 0 Å². The molecule has 0 amide bonds. The van der Waals surface area contributed by atoms with Gasteiger partial charge in [0, 0.05) is 18.0 Å². The Morgan fingerprint density at radius 2 is 1.84 bits per heavy atom. The van der Waals surface area contributed by atoms with E-state index in [2.05, 4.69) is 17.2 Å². The molecular formula is C15H18N2O2. The molecule has 100 valence electrons. The topological polar surface area (TPSA) is 58.3 Å². The lowest BCUT2D eigenvalue weighted by Crippen LogP contribution is -2.07. The summed E-state index contributed by atoms with van der Waals surface area (Å²) < 4.78 is 1.91. The SMILES string of the molecule is OC[C@@H]1C[C@H](CO)c2nn(Cc3ccccc3)cc21. The number of aliphatic hydroxyl groups is 2. The summed E-state index contributed by atoms with van der Waals surface area (Å²) >= 11 is 0. The Kier molecular flexibility index (Phi) is 3.36. The molecule has 0 fully saturated rings. The maximum atomic E-state index is 9.41. The second-order valence-corrected chi connectivity index (χ2v) is 5.15. The largest absolute Gasteiger partial charge is 0.396 e. The van der Waals surface area contributed by atoms with Crippen molar-refractivity contribution >= 4 is 0 Å². The average molecular weight is 258 g/mol. The van der Waals surface area contributed by atoms with Crippen molar-refractivity contribution in [3.8, 4) is 0 Å². The monoisotopic (exact) mass is 258 g/mol. The number of hydrogen-bond donors (Lipinski definition) is 2. The molecule has 1 aromatic carbocycles. The fourth-order valence-corrected chi connectivity index (χ4v) is 2.85. The molecule has 2 N–H and O–H groups in total. The number of nitrogens with zero attached hydrogens (tertiary/aromatic N) is 2. The van der Waals surface area contributed by atoms with E-state index in [4.69, 9.17) is 0 Å². The van der Waals surface area contributed by atoms with Crippen LogP contribution in [0.1, 0.15) is 35.1 Å². The molecule has 0 radical (unpaired) electrons. The van der Waals surface area contributed by atoms with Crippen LogP contribution in [0.3, 0.4) is 0 Å². The Hall–Kier alpha value is -1.65. The minimum absolute atomic E-state index is 0.0733. The first-order chi connectivity index (χ1) is 9.31. The van der Waals surface area contributed by atoms with Gasteiger partial charge in [0.1, 0.15) is 0 Å². The molecule has 0 bridgehead atoms. The molecule has 1 heterocycles. The normalized spacial score (nSPS) is 21.6. The molecule has 4 nitrogen and oxygen atoms in total. The summed E-state index contributed by atoms with van der Waals surface area (Å²) in [7, 11) is 0. The third kappa shape index (κ3) is 2.29. The molecule has 0 aliphatic heterocycles. The Labute approximate surface area is 112 Å². The lowest BCUT2D eigenvalue weighted by molar-refractivity contribution is 0.232. The van der Waals surface area contributed by atoms with E-state index in [0.717, 1.165) is 24.2 Å². The van der Waals surface area contributed by atoms with Crippen LogP contribution in [0.2, 0.25) is 0 Å². The van der Waals surface area contributed by atoms with Gasteiger partial charge in [-0.05, 0) is 17.5 Å². The van der Waals surface area contributed by atoms with Crippen LogP contribution in [-0.4, -0.2) is 33.2 Å². The van der Waals surface area contributed by atoms with E-state index in [1.807, 2.05) is 29.1 Å². The number of fused-ring (bicyclic) bond motifs is 1. The van der Waals surface area contributed by atoms with Crippen LogP contribution < -0.4 is 0 Å². The van der Waals surface area contributed by atoms with E-state index in [1.54, 1.807) is 0 Å². The Bertz CT molecular complexity index is 523. The second kappa shape index (κ2) is 5.15. The minimum atomic E-state index is 0.0733. The molecular weight excluding hydrogens is 240 g/mol. The molecule has 0 unspecified atom stereocenters. The maximum absolute atomic E-state index is 9.41. The van der Waals surface area contributed by atoms with Gasteiger partial charge in [-0.1, -0.05) is 30.3 Å². The van der Waals surface area contributed by atoms with Gasteiger partial charge in [0.25, 0.3) is 0 Å². The van der Waals surface area contributed by atoms with Crippen LogP contribution in [0.25, 0.3) is 0 Å². The summed E-state index contributed by atoms with van der Waals surface area (Å²) in [6.45, 7) is 0.955. The van der Waals surface area contributed by atoms with E-state index in [1.165, 1.54) is 5.56 Å². The zero-order chi connectivity index (χ0) is 13.2. The van der Waals surface area contributed by atoms with E-state index < -0.39 is 0 Å². The van der Waals surface area contributed by atoms with Crippen molar-refractivity contribution in [1.82, 2.24) is 9.78 Å². The molecule has 1 aromatic heterocycles. The van der Waals surface area contributed by atoms with Crippen molar-refractivity contribution in [2.45, 2.75) is 24.8 Å². The smallest absolute Gasteiger partial charge is 0.0714 e. The first kappa shape index (κ1) is 12.4. The van der Waals surface area contributed by atoms with Gasteiger partial charge < -0.3 is 10.2 Å². The van der Waals surface area contributed by atoms with Gasteiger partial charge in [0.2, 0.25) is 0 Å². The summed E-state index contributed by atoms with van der Waals surface area (Å²) in [6, 6.07) is 10.2. The van der Waals surface area contributed by atoms with Gasteiger partial charge in [-0.3, -0.25) is 4.68 Å². The van der Waals surface area contributed by atoms with Crippen molar-refractivity contribution in [1.29, 1.82) is 0 Å². The Balaban J connectivity index is 1.86. The quantitative estimate of drug-likeness (QED) is 0.873. The van der Waals surface area contributed by atoms with E-state index in [-0.39, 0.29) is 25.0 Å². The molecule has 1 aliphatic rings. The Morgan fingerprint density at radius 3 is 2.53 bits per heavy atom. The molecule has 0 saturated heterocycles. The second-order valence-electron chi connectivity index (χ2n) is 5.15. The molecule has 19 heavy (non-hydrogen) atoms. The molecule has 1 aliphatic carbocycles. The lowest BCUT2D eigenvalue weighted by atomic mass is 10.0. The number of benzene rings is 1. The highest BCUT2D eigenvalue weighted by Crippen LogP contribution is 2.40. The lowest BCUT2D eigenvalue weighted by Gasteiger charge is -2.09. The third-order valence-corrected chi connectivity index (χ3v) is 3.84. The van der Waals surface area contributed by atoms with E-state index in [0.29, 0.717) is 0 Å². The summed E-state index contributed by atoms with van der Waals surface area (Å²) in [4.78, 5) is 0. The van der Waals surface area contributed by atoms with Gasteiger partial charge in [-0.15, -0.1) is 0 Å². The molecule has 2 aromatic rings. The predicted octanol–water partition coefficient (Wildman–Crippen LogP) is 1.49. The number of hydrogen-bond acceptors (Lipinski definition) is 3. The summed E-state index contributed by atoms with van der Waals surface area (Å²) in [5.41, 5.74) is 3.25. The third-order valence-electron chi connectivity index (χ3n) is 3.84. The molecule has 3 rings (SSSR count). The summed E-state index contributed by atoms with van der Waals surface area (Å²) in [6.07, 6.45) is 2.82. The fraction of sp³-hybridized carbons (Fsp3) is 0.400. The first-order valence-electron chi connectivity index (χ1n) is 6.64. The Morgan fingerprint density at radius 1 is 1.11 bits per heavy atom. The summed E-state index contributed by atoms with van der Waals surface area (Å²) in [5, 5.41) is 23.4. The van der Waals surface area contributed by atoms with Crippen molar-refractivity contribution in [3.63, 3.8) is 0 Å². The van der Waals surface area contributed by atoms with Gasteiger partial charge in [0.15, 0.2) is 0 Å². The fourth-order valence-electron chi connectivity index (χ4n) is 2.85. The molecule has 0 spiro atoms. The zero-order valence-corrected chi connectivity index (χ0v) is 10.7. The van der Waals surface area contributed by atoms with Gasteiger partial charge >= 0.3 is 0 Å². The molecule has 0 saturated carbocycles. The van der Waals surface area contributed by atoms with Gasteiger partial charge in [-0.2, -0.15) is 5.10 Å². The van der Waals surface area contributed by atoms with Gasteiger partial charge in [0.05, 0.1) is 25.5 Å². The van der Waals surface area contributed by atoms with Crippen LogP contribution >= 0.6 is 0 Å². The predicted molar refractivity (Wildman–Crippen MR) is 72.0 cm³/mol. The zero-order valence-electron chi connectivity index (χ0n) is 10.7. The maximum Gasteiger partial charge on any atom is 0.0714 e. The standard InChI is InChI=1S/C15H18N2O2/c18-9-12-6-13(10-19)15-14(12)8-17(16-15)7-11-4-2-1-3-5-11/h1-5,8,12-13,18-19H,6-7,9-10H2/t12-,13+/m0/s1. The molecule has 4 heteroatoms. The first-order valence-corrected chi connectivity index (χ1v) is 6.64. The van der Waals surface area contributed by atoms with Crippen LogP contribution in [0.15, 0.2) is 36.5 Å². The number of rotatable bonds is 4. The minimum Gasteiger partial charge on any atom is -0.396 e. The van der Waals surface area contributed by atoms with Crippen molar-refractivity contribution in [2.75, 3.05) is 13.2 Å². The summed E-state index contributed by atoms with van der Waals surface area (Å²) in [5.74, 6) is 0.195. The average Bonchev–Trinajstić information content (AvgIpc) is 2.98. The van der Waals surface area contributed by atoms with Crippen molar-refractivity contribution in [2.24, 2.45) is 0 Å². The van der Waals surface area contributed by atoms with Crippen LogP contribution in [0, 0.1) is 0 Å². The number of aliphatic hydroxyl groups excluding tert-OH is 2. The van der Waals surface area contributed by atoms with E-state index >= 15 is 0 Å². The number of aromatic nitrogens is 2. The highest BCUT2D eigenvalue weighted by Gasteiger charge is 2.33. The van der Waals surface area contributed by atoms with Crippen molar-refractivity contribution < 1.29 is 10.2 Å². The highest BCUT2D eigenvalue weighted by atomic mass is 16.3. The molecule has 2 atom stereocenters. The van der Waals surface area contributed by atoms with Gasteiger partial charge in [-0.25, -0.2) is 0 Å². The van der Waals surface area contributed by atoms with Crippen molar-refractivity contribution in [3.05, 3.63) is 53.3 Å². The van der Waals surface area contributed by atoms with Crippen LogP contribution in [-0.2, 0) is 6.54 Å². The van der Waals surface area contributed by atoms with E-state index in [9.17, 15) is 10.2 Å².